The molecular formula is C13H10ClN3. The molecule has 0 saturated carbocycles. The summed E-state index contributed by atoms with van der Waals surface area (Å²) in [4.78, 5) is 12.0. The quantitative estimate of drug-likeness (QED) is 0.710. The van der Waals surface area contributed by atoms with Crippen LogP contribution in [0, 0.1) is 6.92 Å². The normalized spacial score (nSPS) is 10.9. The highest BCUT2D eigenvalue weighted by Gasteiger charge is 2.05. The molecule has 3 nitrogen and oxygen atoms in total. The number of halogens is 1. The van der Waals surface area contributed by atoms with Crippen molar-refractivity contribution in [2.45, 2.75) is 6.92 Å². The van der Waals surface area contributed by atoms with Gasteiger partial charge >= 0.3 is 0 Å². The van der Waals surface area contributed by atoms with Gasteiger partial charge in [0.15, 0.2) is 0 Å². The third kappa shape index (κ3) is 1.89. The molecule has 0 saturated heterocycles. The predicted molar refractivity (Wildman–Crippen MR) is 69.1 cm³/mol. The van der Waals surface area contributed by atoms with E-state index in [0.29, 0.717) is 5.02 Å². The number of aromatic nitrogens is 3. The summed E-state index contributed by atoms with van der Waals surface area (Å²) >= 11 is 5.94. The summed E-state index contributed by atoms with van der Waals surface area (Å²) in [6, 6.07) is 9.56. The molecule has 0 radical (unpaired) electrons. The number of benzene rings is 1. The highest BCUT2D eigenvalue weighted by molar-refractivity contribution is 6.31. The van der Waals surface area contributed by atoms with Crippen LogP contribution < -0.4 is 0 Å². The minimum absolute atomic E-state index is 0.707. The van der Waals surface area contributed by atoms with Gasteiger partial charge in [0, 0.05) is 22.5 Å². The monoisotopic (exact) mass is 243 g/mol. The molecule has 0 spiro atoms. The first-order valence-corrected chi connectivity index (χ1v) is 5.68. The molecule has 0 amide bonds. The van der Waals surface area contributed by atoms with Gasteiger partial charge in [-0.25, -0.2) is 4.98 Å². The van der Waals surface area contributed by atoms with Crippen LogP contribution in [-0.4, -0.2) is 15.0 Å². The van der Waals surface area contributed by atoms with E-state index in [4.69, 9.17) is 11.6 Å². The zero-order valence-corrected chi connectivity index (χ0v) is 9.99. The summed E-state index contributed by atoms with van der Waals surface area (Å²) in [5.74, 6) is 0.841. The van der Waals surface area contributed by atoms with Crippen LogP contribution in [0.3, 0.4) is 0 Å². The Morgan fingerprint density at radius 3 is 2.88 bits per heavy atom. The minimum Gasteiger partial charge on any atom is -0.338 e. The standard InChI is InChI=1S/C13H10ClN3/c1-8-6-9(4-5-15-8)13-16-11-3-2-10(14)7-12(11)17-13/h2-7H,1H3,(H,16,17). The second-order valence-electron chi connectivity index (χ2n) is 3.93. The molecule has 84 valence electrons. The molecule has 0 aliphatic carbocycles. The third-order valence-corrected chi connectivity index (χ3v) is 2.85. The Hall–Kier alpha value is -1.87. The lowest BCUT2D eigenvalue weighted by molar-refractivity contribution is 1.19. The van der Waals surface area contributed by atoms with Crippen LogP contribution in [0.5, 0.6) is 0 Å². The lowest BCUT2D eigenvalue weighted by Gasteiger charge is -1.96. The highest BCUT2D eigenvalue weighted by atomic mass is 35.5. The molecule has 0 bridgehead atoms. The Labute approximate surface area is 103 Å². The largest absolute Gasteiger partial charge is 0.338 e. The van der Waals surface area contributed by atoms with E-state index in [1.54, 1.807) is 6.20 Å². The van der Waals surface area contributed by atoms with Gasteiger partial charge in [0.25, 0.3) is 0 Å². The van der Waals surface area contributed by atoms with Crippen molar-refractivity contribution in [2.75, 3.05) is 0 Å². The molecule has 2 heterocycles. The number of imidazole rings is 1. The van der Waals surface area contributed by atoms with Crippen molar-refractivity contribution in [3.63, 3.8) is 0 Å². The summed E-state index contributed by atoms with van der Waals surface area (Å²) in [6.45, 7) is 1.96. The number of nitrogens with zero attached hydrogens (tertiary/aromatic N) is 2. The number of hydrogen-bond donors (Lipinski definition) is 1. The molecule has 3 aromatic rings. The summed E-state index contributed by atoms with van der Waals surface area (Å²) in [6.07, 6.45) is 1.78. The van der Waals surface area contributed by atoms with Crippen molar-refractivity contribution < 1.29 is 0 Å². The van der Waals surface area contributed by atoms with E-state index in [1.807, 2.05) is 37.3 Å². The van der Waals surface area contributed by atoms with Crippen molar-refractivity contribution in [2.24, 2.45) is 0 Å². The number of pyridine rings is 1. The highest BCUT2D eigenvalue weighted by Crippen LogP contribution is 2.22. The number of aryl methyl sites for hydroxylation is 1. The molecule has 1 N–H and O–H groups in total. The smallest absolute Gasteiger partial charge is 0.138 e. The molecule has 0 atom stereocenters. The van der Waals surface area contributed by atoms with E-state index in [2.05, 4.69) is 15.0 Å². The Morgan fingerprint density at radius 2 is 2.06 bits per heavy atom. The molecule has 1 aromatic carbocycles. The van der Waals surface area contributed by atoms with E-state index in [0.717, 1.165) is 28.1 Å². The summed E-state index contributed by atoms with van der Waals surface area (Å²) in [5, 5.41) is 0.707. The van der Waals surface area contributed by atoms with Crippen molar-refractivity contribution in [3.8, 4) is 11.4 Å². The Morgan fingerprint density at radius 1 is 1.18 bits per heavy atom. The van der Waals surface area contributed by atoms with Crippen LogP contribution in [-0.2, 0) is 0 Å². The molecule has 0 unspecified atom stereocenters. The summed E-state index contributed by atoms with van der Waals surface area (Å²) < 4.78 is 0. The number of rotatable bonds is 1. The molecule has 0 aliphatic heterocycles. The number of aromatic amines is 1. The molecule has 17 heavy (non-hydrogen) atoms. The second-order valence-corrected chi connectivity index (χ2v) is 4.37. The molecule has 4 heteroatoms. The lowest BCUT2D eigenvalue weighted by atomic mass is 10.2. The van der Waals surface area contributed by atoms with Gasteiger partial charge in [-0.1, -0.05) is 11.6 Å². The van der Waals surface area contributed by atoms with Crippen LogP contribution in [0.25, 0.3) is 22.4 Å². The fourth-order valence-corrected chi connectivity index (χ4v) is 1.98. The number of nitrogens with one attached hydrogen (secondary N) is 1. The first-order chi connectivity index (χ1) is 8.22. The maximum atomic E-state index is 5.94. The first kappa shape index (κ1) is 10.3. The minimum atomic E-state index is 0.707. The van der Waals surface area contributed by atoms with Gasteiger partial charge in [0.1, 0.15) is 5.82 Å². The summed E-state index contributed by atoms with van der Waals surface area (Å²) in [7, 11) is 0. The Balaban J connectivity index is 2.18. The predicted octanol–water partition coefficient (Wildman–Crippen LogP) is 3.59. The van der Waals surface area contributed by atoms with Gasteiger partial charge in [0.05, 0.1) is 11.0 Å². The number of fused-ring (bicyclic) bond motifs is 1. The van der Waals surface area contributed by atoms with Gasteiger partial charge in [-0.15, -0.1) is 0 Å². The maximum absolute atomic E-state index is 5.94. The van der Waals surface area contributed by atoms with Gasteiger partial charge in [-0.3, -0.25) is 4.98 Å². The molecule has 3 rings (SSSR count). The maximum Gasteiger partial charge on any atom is 0.138 e. The zero-order valence-electron chi connectivity index (χ0n) is 9.24. The summed E-state index contributed by atoms with van der Waals surface area (Å²) in [5.41, 5.74) is 3.87. The number of hydrogen-bond acceptors (Lipinski definition) is 2. The Kier molecular flexibility index (Phi) is 2.34. The zero-order chi connectivity index (χ0) is 11.8. The van der Waals surface area contributed by atoms with Crippen molar-refractivity contribution >= 4 is 22.6 Å². The molecule has 0 fully saturated rings. The number of H-pyrrole nitrogens is 1. The van der Waals surface area contributed by atoms with Gasteiger partial charge in [0.2, 0.25) is 0 Å². The first-order valence-electron chi connectivity index (χ1n) is 5.31. The van der Waals surface area contributed by atoms with E-state index in [9.17, 15) is 0 Å². The van der Waals surface area contributed by atoms with E-state index in [1.165, 1.54) is 0 Å². The van der Waals surface area contributed by atoms with Gasteiger partial charge < -0.3 is 4.98 Å². The fourth-order valence-electron chi connectivity index (χ4n) is 1.81. The third-order valence-electron chi connectivity index (χ3n) is 2.61. The molecule has 0 aliphatic rings. The topological polar surface area (TPSA) is 41.6 Å². The average molecular weight is 244 g/mol. The lowest BCUT2D eigenvalue weighted by Crippen LogP contribution is -1.84. The van der Waals surface area contributed by atoms with Gasteiger partial charge in [-0.05, 0) is 37.3 Å². The van der Waals surface area contributed by atoms with Crippen LogP contribution in [0.1, 0.15) is 5.69 Å². The van der Waals surface area contributed by atoms with Crippen LogP contribution >= 0.6 is 11.6 Å². The SMILES string of the molecule is Cc1cc(-c2nc3ccc(Cl)cc3[nH]2)ccn1. The fraction of sp³-hybridized carbons (Fsp3) is 0.0769. The Bertz CT molecular complexity index is 688. The van der Waals surface area contributed by atoms with E-state index in [-0.39, 0.29) is 0 Å². The van der Waals surface area contributed by atoms with Crippen molar-refractivity contribution in [1.29, 1.82) is 0 Å². The van der Waals surface area contributed by atoms with E-state index >= 15 is 0 Å². The van der Waals surface area contributed by atoms with Crippen LogP contribution in [0.4, 0.5) is 0 Å². The van der Waals surface area contributed by atoms with E-state index < -0.39 is 0 Å². The van der Waals surface area contributed by atoms with Crippen molar-refractivity contribution in [1.82, 2.24) is 15.0 Å². The van der Waals surface area contributed by atoms with Crippen LogP contribution in [0.2, 0.25) is 5.02 Å². The molecular weight excluding hydrogens is 234 g/mol. The second kappa shape index (κ2) is 3.86. The van der Waals surface area contributed by atoms with Gasteiger partial charge in [-0.2, -0.15) is 0 Å². The van der Waals surface area contributed by atoms with Crippen molar-refractivity contribution in [3.05, 3.63) is 47.2 Å². The molecule has 2 aromatic heterocycles. The average Bonchev–Trinajstić information content (AvgIpc) is 2.72. The van der Waals surface area contributed by atoms with Crippen LogP contribution in [0.15, 0.2) is 36.5 Å².